The van der Waals surface area contributed by atoms with Crippen LogP contribution in [0.5, 0.6) is 0 Å². The van der Waals surface area contributed by atoms with Crippen molar-refractivity contribution in [2.75, 3.05) is 58.4 Å². The Balaban J connectivity index is 1.88. The van der Waals surface area contributed by atoms with E-state index in [-0.39, 0.29) is 11.8 Å². The van der Waals surface area contributed by atoms with Gasteiger partial charge in [-0.15, -0.1) is 0 Å². The lowest BCUT2D eigenvalue weighted by molar-refractivity contribution is 0.0374. The smallest absolute Gasteiger partial charge is 0.270 e. The molecule has 0 aromatic carbocycles. The minimum atomic E-state index is -0.135. The summed E-state index contributed by atoms with van der Waals surface area (Å²) in [6.45, 7) is 9.31. The van der Waals surface area contributed by atoms with Gasteiger partial charge in [0, 0.05) is 39.4 Å². The molecule has 2 heterocycles. The van der Waals surface area contributed by atoms with Crippen LogP contribution in [0.3, 0.4) is 0 Å². The molecule has 7 heteroatoms. The van der Waals surface area contributed by atoms with Crippen LogP contribution in [0.15, 0.2) is 6.07 Å². The summed E-state index contributed by atoms with van der Waals surface area (Å²) in [6, 6.07) is 1.79. The van der Waals surface area contributed by atoms with Crippen LogP contribution in [0.25, 0.3) is 0 Å². The Labute approximate surface area is 144 Å². The van der Waals surface area contributed by atoms with Gasteiger partial charge in [0.1, 0.15) is 5.69 Å². The molecule has 1 saturated heterocycles. The molecule has 1 N–H and O–H groups in total. The zero-order valence-corrected chi connectivity index (χ0v) is 15.2. The molecule has 0 atom stereocenters. The standard InChI is InChI=1S/C17H29N5O2/c1-13(2)14-12-15(20-17(19-14)21(3)4)16(23)18-6-5-7-22-8-10-24-11-9-22/h12-13H,5-11H2,1-4H3,(H,18,23). The van der Waals surface area contributed by atoms with Crippen LogP contribution in [0.4, 0.5) is 5.95 Å². The number of carbonyl (C=O) groups is 1. The van der Waals surface area contributed by atoms with Gasteiger partial charge in [-0.3, -0.25) is 9.69 Å². The number of aromatic nitrogens is 2. The highest BCUT2D eigenvalue weighted by atomic mass is 16.5. The van der Waals surface area contributed by atoms with Crippen LogP contribution in [-0.2, 0) is 4.74 Å². The number of anilines is 1. The molecule has 1 aliphatic heterocycles. The minimum Gasteiger partial charge on any atom is -0.379 e. The summed E-state index contributed by atoms with van der Waals surface area (Å²) >= 11 is 0. The first-order valence-electron chi connectivity index (χ1n) is 8.62. The molecule has 1 aromatic rings. The summed E-state index contributed by atoms with van der Waals surface area (Å²) in [7, 11) is 3.76. The molecular formula is C17H29N5O2. The van der Waals surface area contributed by atoms with Gasteiger partial charge in [0.05, 0.1) is 13.2 Å². The van der Waals surface area contributed by atoms with E-state index in [0.29, 0.717) is 18.2 Å². The molecule has 1 aliphatic rings. The summed E-state index contributed by atoms with van der Waals surface area (Å²) in [5, 5.41) is 2.97. The third kappa shape index (κ3) is 5.42. The van der Waals surface area contributed by atoms with Gasteiger partial charge in [0.25, 0.3) is 5.91 Å². The van der Waals surface area contributed by atoms with Crippen LogP contribution in [0.2, 0.25) is 0 Å². The molecule has 0 aliphatic carbocycles. The molecule has 0 radical (unpaired) electrons. The fraction of sp³-hybridized carbons (Fsp3) is 0.706. The first-order valence-corrected chi connectivity index (χ1v) is 8.62. The molecule has 7 nitrogen and oxygen atoms in total. The Kier molecular flexibility index (Phi) is 6.93. The van der Waals surface area contributed by atoms with Crippen LogP contribution in [0, 0.1) is 0 Å². The van der Waals surface area contributed by atoms with Crippen molar-refractivity contribution in [1.29, 1.82) is 0 Å². The second-order valence-corrected chi connectivity index (χ2v) is 6.59. The maximum atomic E-state index is 12.4. The summed E-state index contributed by atoms with van der Waals surface area (Å²) in [5.74, 6) is 0.684. The van der Waals surface area contributed by atoms with Gasteiger partial charge in [-0.1, -0.05) is 13.8 Å². The van der Waals surface area contributed by atoms with Gasteiger partial charge in [0.15, 0.2) is 0 Å². The summed E-state index contributed by atoms with van der Waals surface area (Å²) < 4.78 is 5.33. The Bertz CT molecular complexity index is 516. The van der Waals surface area contributed by atoms with E-state index in [1.54, 1.807) is 6.07 Å². The van der Waals surface area contributed by atoms with E-state index in [1.165, 1.54) is 0 Å². The lowest BCUT2D eigenvalue weighted by Gasteiger charge is -2.26. The second-order valence-electron chi connectivity index (χ2n) is 6.59. The van der Waals surface area contributed by atoms with Crippen LogP contribution >= 0.6 is 0 Å². The average molecular weight is 335 g/mol. The van der Waals surface area contributed by atoms with Crippen molar-refractivity contribution in [2.24, 2.45) is 0 Å². The molecule has 0 spiro atoms. The van der Waals surface area contributed by atoms with E-state index in [9.17, 15) is 4.79 Å². The topological polar surface area (TPSA) is 70.6 Å². The molecule has 2 rings (SSSR count). The molecule has 1 fully saturated rings. The maximum absolute atomic E-state index is 12.4. The van der Waals surface area contributed by atoms with Gasteiger partial charge in [-0.05, 0) is 24.9 Å². The number of carbonyl (C=O) groups excluding carboxylic acids is 1. The van der Waals surface area contributed by atoms with E-state index >= 15 is 0 Å². The van der Waals surface area contributed by atoms with Crippen LogP contribution < -0.4 is 10.2 Å². The Hall–Kier alpha value is -1.73. The zero-order chi connectivity index (χ0) is 17.5. The van der Waals surface area contributed by atoms with Crippen molar-refractivity contribution in [2.45, 2.75) is 26.2 Å². The second kappa shape index (κ2) is 8.94. The number of rotatable bonds is 7. The first kappa shape index (κ1) is 18.6. The molecule has 0 bridgehead atoms. The van der Waals surface area contributed by atoms with Crippen molar-refractivity contribution in [1.82, 2.24) is 20.2 Å². The Morgan fingerprint density at radius 3 is 2.67 bits per heavy atom. The predicted octanol–water partition coefficient (Wildman–Crippen LogP) is 1.12. The van der Waals surface area contributed by atoms with E-state index in [2.05, 4.69) is 34.0 Å². The number of nitrogens with zero attached hydrogens (tertiary/aromatic N) is 4. The summed E-state index contributed by atoms with van der Waals surface area (Å²) in [4.78, 5) is 25.4. The number of nitrogens with one attached hydrogen (secondary N) is 1. The van der Waals surface area contributed by atoms with Gasteiger partial charge in [0.2, 0.25) is 5.95 Å². The first-order chi connectivity index (χ1) is 11.5. The van der Waals surface area contributed by atoms with Gasteiger partial charge in [-0.25, -0.2) is 9.97 Å². The van der Waals surface area contributed by atoms with E-state index in [1.807, 2.05) is 19.0 Å². The average Bonchev–Trinajstić information content (AvgIpc) is 2.59. The largest absolute Gasteiger partial charge is 0.379 e. The van der Waals surface area contributed by atoms with Crippen LogP contribution in [0.1, 0.15) is 42.4 Å². The number of hydrogen-bond acceptors (Lipinski definition) is 6. The van der Waals surface area contributed by atoms with Crippen molar-refractivity contribution < 1.29 is 9.53 Å². The third-order valence-electron chi connectivity index (χ3n) is 4.00. The van der Waals surface area contributed by atoms with Crippen LogP contribution in [-0.4, -0.2) is 74.3 Å². The van der Waals surface area contributed by atoms with E-state index < -0.39 is 0 Å². The normalized spacial score (nSPS) is 15.5. The fourth-order valence-electron chi connectivity index (χ4n) is 2.48. The number of ether oxygens (including phenoxy) is 1. The Morgan fingerprint density at radius 2 is 2.04 bits per heavy atom. The molecule has 0 unspecified atom stereocenters. The minimum absolute atomic E-state index is 0.135. The SMILES string of the molecule is CC(C)c1cc(C(=O)NCCCN2CCOCC2)nc(N(C)C)n1. The molecule has 1 amide bonds. The van der Waals surface area contributed by atoms with Crippen molar-refractivity contribution in [3.8, 4) is 0 Å². The monoisotopic (exact) mass is 335 g/mol. The van der Waals surface area contributed by atoms with Gasteiger partial charge in [-0.2, -0.15) is 0 Å². The van der Waals surface area contributed by atoms with E-state index in [0.717, 1.165) is 45.0 Å². The number of hydrogen-bond donors (Lipinski definition) is 1. The maximum Gasteiger partial charge on any atom is 0.270 e. The highest BCUT2D eigenvalue weighted by molar-refractivity contribution is 5.92. The fourth-order valence-corrected chi connectivity index (χ4v) is 2.48. The van der Waals surface area contributed by atoms with E-state index in [4.69, 9.17) is 4.74 Å². The highest BCUT2D eigenvalue weighted by Gasteiger charge is 2.15. The molecule has 1 aromatic heterocycles. The van der Waals surface area contributed by atoms with Crippen molar-refractivity contribution in [3.05, 3.63) is 17.5 Å². The highest BCUT2D eigenvalue weighted by Crippen LogP contribution is 2.16. The Morgan fingerprint density at radius 1 is 1.33 bits per heavy atom. The lowest BCUT2D eigenvalue weighted by atomic mass is 10.1. The quantitative estimate of drug-likeness (QED) is 0.753. The van der Waals surface area contributed by atoms with Crippen molar-refractivity contribution in [3.63, 3.8) is 0 Å². The number of amides is 1. The number of morpholine rings is 1. The molecule has 134 valence electrons. The van der Waals surface area contributed by atoms with Crippen molar-refractivity contribution >= 4 is 11.9 Å². The molecule has 0 saturated carbocycles. The molecule has 24 heavy (non-hydrogen) atoms. The summed E-state index contributed by atoms with van der Waals surface area (Å²) in [5.41, 5.74) is 1.32. The van der Waals surface area contributed by atoms with Gasteiger partial charge < -0.3 is 15.0 Å². The lowest BCUT2D eigenvalue weighted by Crippen LogP contribution is -2.38. The third-order valence-corrected chi connectivity index (χ3v) is 4.00. The molecular weight excluding hydrogens is 306 g/mol. The predicted molar refractivity (Wildman–Crippen MR) is 94.7 cm³/mol. The van der Waals surface area contributed by atoms with Gasteiger partial charge >= 0.3 is 0 Å². The zero-order valence-electron chi connectivity index (χ0n) is 15.2. The summed E-state index contributed by atoms with van der Waals surface area (Å²) in [6.07, 6.45) is 0.925.